The Kier molecular flexibility index (Phi) is 5.24. The molecule has 0 radical (unpaired) electrons. The van der Waals surface area contributed by atoms with Gasteiger partial charge in [0.1, 0.15) is 22.8 Å². The third kappa shape index (κ3) is 4.08. The molecule has 122 valence electrons. The van der Waals surface area contributed by atoms with E-state index in [2.05, 4.69) is 0 Å². The van der Waals surface area contributed by atoms with E-state index >= 15 is 0 Å². The van der Waals surface area contributed by atoms with Gasteiger partial charge >= 0.3 is 6.09 Å². The Morgan fingerprint density at radius 3 is 2.55 bits per heavy atom. The summed E-state index contributed by atoms with van der Waals surface area (Å²) >= 11 is 1.56. The average molecular weight is 325 g/mol. The zero-order valence-electron chi connectivity index (χ0n) is 13.4. The smallest absolute Gasteiger partial charge is 0.411 e. The molecule has 6 heteroatoms. The Morgan fingerprint density at radius 1 is 1.36 bits per heavy atom. The Morgan fingerprint density at radius 2 is 2.00 bits per heavy atom. The fourth-order valence-electron chi connectivity index (χ4n) is 2.23. The molecular weight excluding hydrogens is 302 g/mol. The second-order valence-corrected chi connectivity index (χ2v) is 7.38. The van der Waals surface area contributed by atoms with E-state index in [1.807, 2.05) is 32.9 Å². The fraction of sp³-hybridized carbons (Fsp3) is 0.562. The molecule has 1 saturated heterocycles. The molecule has 0 bridgehead atoms. The lowest BCUT2D eigenvalue weighted by atomic mass is 10.1. The van der Waals surface area contributed by atoms with Crippen LogP contribution in [0.2, 0.25) is 0 Å². The number of ether oxygens (including phenoxy) is 2. The van der Waals surface area contributed by atoms with Crippen LogP contribution in [0.3, 0.4) is 0 Å². The maximum atomic E-state index is 12.3. The molecule has 1 N–H and O–H groups in total. The number of aliphatic hydroxyl groups is 1. The lowest BCUT2D eigenvalue weighted by molar-refractivity contribution is 0.0133. The second-order valence-electron chi connectivity index (χ2n) is 6.15. The van der Waals surface area contributed by atoms with Crippen molar-refractivity contribution in [3.63, 3.8) is 0 Å². The molecule has 22 heavy (non-hydrogen) atoms. The number of amides is 1. The van der Waals surface area contributed by atoms with Crippen molar-refractivity contribution in [2.45, 2.75) is 37.9 Å². The number of hydrogen-bond acceptors (Lipinski definition) is 5. The maximum Gasteiger partial charge on any atom is 0.411 e. The molecule has 1 fully saturated rings. The van der Waals surface area contributed by atoms with Gasteiger partial charge in [-0.3, -0.25) is 4.90 Å². The van der Waals surface area contributed by atoms with Gasteiger partial charge in [0.25, 0.3) is 0 Å². The summed E-state index contributed by atoms with van der Waals surface area (Å²) in [7, 11) is 1.60. The standard InChI is InChI=1S/C16H23NO4S/c1-16(2,3)21-15(19)17-9-10-22-14(17)13(18)11-5-7-12(20-4)8-6-11/h5-8,13-14,18H,9-10H2,1-4H3/t13-,14-/m1/s1. The van der Waals surface area contributed by atoms with Gasteiger partial charge in [-0.2, -0.15) is 0 Å². The van der Waals surface area contributed by atoms with Crippen LogP contribution in [0.1, 0.15) is 32.4 Å². The quantitative estimate of drug-likeness (QED) is 0.925. The minimum absolute atomic E-state index is 0.330. The maximum absolute atomic E-state index is 12.3. The molecule has 0 aliphatic carbocycles. The largest absolute Gasteiger partial charge is 0.497 e. The predicted octanol–water partition coefficient (Wildman–Crippen LogP) is 3.04. The molecular formula is C16H23NO4S. The number of methoxy groups -OCH3 is 1. The summed E-state index contributed by atoms with van der Waals surface area (Å²) in [6.07, 6.45) is -1.14. The molecule has 0 unspecified atom stereocenters. The highest BCUT2D eigenvalue weighted by atomic mass is 32.2. The van der Waals surface area contributed by atoms with Crippen LogP contribution in [-0.2, 0) is 4.74 Å². The molecule has 2 rings (SSSR count). The number of carbonyl (C=O) groups is 1. The van der Waals surface area contributed by atoms with E-state index in [1.165, 1.54) is 0 Å². The third-order valence-electron chi connectivity index (χ3n) is 3.28. The molecule has 1 aliphatic rings. The normalized spacial score (nSPS) is 19.9. The lowest BCUT2D eigenvalue weighted by Gasteiger charge is -2.30. The van der Waals surface area contributed by atoms with Crippen LogP contribution in [0.25, 0.3) is 0 Å². The number of hydrogen-bond donors (Lipinski definition) is 1. The van der Waals surface area contributed by atoms with Gasteiger partial charge in [0.15, 0.2) is 0 Å². The lowest BCUT2D eigenvalue weighted by Crippen LogP contribution is -2.41. The molecule has 1 aliphatic heterocycles. The van der Waals surface area contributed by atoms with Gasteiger partial charge in [0.05, 0.1) is 7.11 Å². The highest BCUT2D eigenvalue weighted by Crippen LogP contribution is 2.35. The van der Waals surface area contributed by atoms with Crippen LogP contribution in [0.15, 0.2) is 24.3 Å². The van der Waals surface area contributed by atoms with Crippen molar-refractivity contribution in [3.05, 3.63) is 29.8 Å². The Balaban J connectivity index is 2.10. The molecule has 0 aromatic heterocycles. The first-order valence-corrected chi connectivity index (χ1v) is 8.30. The van der Waals surface area contributed by atoms with Gasteiger partial charge in [-0.25, -0.2) is 4.79 Å². The van der Waals surface area contributed by atoms with Gasteiger partial charge < -0.3 is 14.6 Å². The molecule has 1 aromatic carbocycles. The van der Waals surface area contributed by atoms with E-state index in [0.29, 0.717) is 6.54 Å². The number of benzene rings is 1. The molecule has 1 heterocycles. The number of rotatable bonds is 3. The van der Waals surface area contributed by atoms with Crippen LogP contribution in [-0.4, -0.2) is 46.5 Å². The summed E-state index contributed by atoms with van der Waals surface area (Å²) in [5, 5.41) is 10.3. The van der Waals surface area contributed by atoms with E-state index in [1.54, 1.807) is 35.9 Å². The topological polar surface area (TPSA) is 59.0 Å². The van der Waals surface area contributed by atoms with Crippen LogP contribution < -0.4 is 4.74 Å². The zero-order valence-corrected chi connectivity index (χ0v) is 14.2. The average Bonchev–Trinajstić information content (AvgIpc) is 2.94. The van der Waals surface area contributed by atoms with Crippen molar-refractivity contribution in [3.8, 4) is 5.75 Å². The predicted molar refractivity (Wildman–Crippen MR) is 87.1 cm³/mol. The van der Waals surface area contributed by atoms with Crippen LogP contribution >= 0.6 is 11.8 Å². The van der Waals surface area contributed by atoms with Gasteiger partial charge in [-0.15, -0.1) is 11.8 Å². The van der Waals surface area contributed by atoms with E-state index in [9.17, 15) is 9.90 Å². The van der Waals surface area contributed by atoms with Crippen molar-refractivity contribution in [2.75, 3.05) is 19.4 Å². The molecule has 0 spiro atoms. The monoisotopic (exact) mass is 325 g/mol. The van der Waals surface area contributed by atoms with Crippen LogP contribution in [0.4, 0.5) is 4.79 Å². The highest BCUT2D eigenvalue weighted by molar-refractivity contribution is 8.00. The highest BCUT2D eigenvalue weighted by Gasteiger charge is 2.37. The summed E-state index contributed by atoms with van der Waals surface area (Å²) in [5.74, 6) is 1.52. The second kappa shape index (κ2) is 6.79. The minimum atomic E-state index is -0.758. The van der Waals surface area contributed by atoms with Crippen molar-refractivity contribution in [1.82, 2.24) is 4.90 Å². The van der Waals surface area contributed by atoms with Gasteiger partial charge in [-0.05, 0) is 38.5 Å². The number of thioether (sulfide) groups is 1. The number of nitrogens with zero attached hydrogens (tertiary/aromatic N) is 1. The fourth-order valence-corrected chi connectivity index (χ4v) is 3.49. The van der Waals surface area contributed by atoms with Gasteiger partial charge in [0.2, 0.25) is 0 Å². The first-order valence-electron chi connectivity index (χ1n) is 7.25. The summed E-state index contributed by atoms with van der Waals surface area (Å²) in [6, 6.07) is 7.23. The van der Waals surface area contributed by atoms with Gasteiger partial charge in [-0.1, -0.05) is 12.1 Å². The first-order chi connectivity index (χ1) is 10.3. The van der Waals surface area contributed by atoms with E-state index in [4.69, 9.17) is 9.47 Å². The van der Waals surface area contributed by atoms with Gasteiger partial charge in [0, 0.05) is 12.3 Å². The van der Waals surface area contributed by atoms with Crippen molar-refractivity contribution >= 4 is 17.9 Å². The zero-order chi connectivity index (χ0) is 16.3. The molecule has 5 nitrogen and oxygen atoms in total. The van der Waals surface area contributed by atoms with E-state index < -0.39 is 11.7 Å². The SMILES string of the molecule is COc1ccc([C@@H](O)[C@H]2SCCN2C(=O)OC(C)(C)C)cc1. The number of carbonyl (C=O) groups excluding carboxylic acids is 1. The van der Waals surface area contributed by atoms with E-state index in [0.717, 1.165) is 17.1 Å². The summed E-state index contributed by atoms with van der Waals surface area (Å²) in [6.45, 7) is 6.09. The van der Waals surface area contributed by atoms with Crippen LogP contribution in [0, 0.1) is 0 Å². The molecule has 2 atom stereocenters. The molecule has 1 amide bonds. The number of aliphatic hydroxyl groups excluding tert-OH is 1. The van der Waals surface area contributed by atoms with Crippen molar-refractivity contribution < 1.29 is 19.4 Å². The van der Waals surface area contributed by atoms with Crippen LogP contribution in [0.5, 0.6) is 5.75 Å². The Bertz CT molecular complexity index is 512. The minimum Gasteiger partial charge on any atom is -0.497 e. The Hall–Kier alpha value is -1.40. The Labute approximate surface area is 135 Å². The summed E-state index contributed by atoms with van der Waals surface area (Å²) < 4.78 is 10.5. The first kappa shape index (κ1) is 17.0. The van der Waals surface area contributed by atoms with Crippen molar-refractivity contribution in [1.29, 1.82) is 0 Å². The van der Waals surface area contributed by atoms with Crippen molar-refractivity contribution in [2.24, 2.45) is 0 Å². The molecule has 0 saturated carbocycles. The van der Waals surface area contributed by atoms with E-state index in [-0.39, 0.29) is 11.5 Å². The summed E-state index contributed by atoms with van der Waals surface area (Å²) in [5.41, 5.74) is 0.216. The molecule has 1 aromatic rings. The summed E-state index contributed by atoms with van der Waals surface area (Å²) in [4.78, 5) is 13.9. The third-order valence-corrected chi connectivity index (χ3v) is 4.56.